The van der Waals surface area contributed by atoms with Crippen molar-refractivity contribution in [1.29, 1.82) is 0 Å². The van der Waals surface area contributed by atoms with Crippen molar-refractivity contribution in [2.75, 3.05) is 5.32 Å². The van der Waals surface area contributed by atoms with Gasteiger partial charge >= 0.3 is 0 Å². The second-order valence-electron chi connectivity index (χ2n) is 6.10. The van der Waals surface area contributed by atoms with Gasteiger partial charge < -0.3 is 15.4 Å². The molecule has 1 aromatic heterocycles. The van der Waals surface area contributed by atoms with Crippen LogP contribution in [0.2, 0.25) is 5.02 Å². The minimum Gasteiger partial charge on any atom is -0.506 e. The van der Waals surface area contributed by atoms with Crippen LogP contribution in [0, 0.1) is 6.92 Å². The van der Waals surface area contributed by atoms with E-state index in [0.29, 0.717) is 27.2 Å². The number of hydrogen-bond donors (Lipinski definition) is 3. The summed E-state index contributed by atoms with van der Waals surface area (Å²) < 4.78 is 0. The van der Waals surface area contributed by atoms with E-state index in [4.69, 9.17) is 11.6 Å². The summed E-state index contributed by atoms with van der Waals surface area (Å²) in [5, 5.41) is 21.8. The zero-order chi connectivity index (χ0) is 19.1. The fourth-order valence-electron chi connectivity index (χ4n) is 2.89. The number of benzene rings is 2. The maximum atomic E-state index is 12.2. The minimum atomic E-state index is -0.507. The van der Waals surface area contributed by atoms with E-state index in [1.54, 1.807) is 30.3 Å². The number of aromatic hydroxyl groups is 1. The average molecular weight is 381 g/mol. The molecule has 0 spiro atoms. The second kappa shape index (κ2) is 6.37. The number of halogens is 1. The van der Waals surface area contributed by atoms with Gasteiger partial charge in [-0.05, 0) is 37.3 Å². The lowest BCUT2D eigenvalue weighted by atomic mass is 10.1. The molecule has 0 atom stereocenters. The Labute approximate surface area is 158 Å². The van der Waals surface area contributed by atoms with Crippen LogP contribution in [-0.4, -0.2) is 27.9 Å². The first-order chi connectivity index (χ1) is 12.9. The van der Waals surface area contributed by atoms with Gasteiger partial charge in [-0.1, -0.05) is 23.2 Å². The maximum Gasteiger partial charge on any atom is 0.276 e. The Morgan fingerprint density at radius 1 is 1.15 bits per heavy atom. The van der Waals surface area contributed by atoms with Gasteiger partial charge in [0.05, 0.1) is 17.4 Å². The van der Waals surface area contributed by atoms with Gasteiger partial charge in [-0.2, -0.15) is 5.10 Å². The van der Waals surface area contributed by atoms with E-state index in [2.05, 4.69) is 20.5 Å². The molecule has 3 N–H and O–H groups in total. The molecule has 2 heterocycles. The number of aryl methyl sites for hydroxylation is 1. The third kappa shape index (κ3) is 2.98. The molecule has 1 amide bonds. The zero-order valence-electron chi connectivity index (χ0n) is 14.1. The smallest absolute Gasteiger partial charge is 0.276 e. The molecule has 8 heteroatoms. The van der Waals surface area contributed by atoms with Crippen LogP contribution in [0.15, 0.2) is 51.4 Å². The largest absolute Gasteiger partial charge is 0.506 e. The fraction of sp³-hybridized carbons (Fsp3) is 0.0526. The van der Waals surface area contributed by atoms with Gasteiger partial charge in [-0.3, -0.25) is 9.59 Å². The lowest BCUT2D eigenvalue weighted by Gasteiger charge is -2.04. The van der Waals surface area contributed by atoms with E-state index in [1.807, 2.05) is 13.0 Å². The molecule has 0 aliphatic carbocycles. The fourth-order valence-corrected chi connectivity index (χ4v) is 3.07. The number of aromatic nitrogens is 1. The number of nitrogens with one attached hydrogen (secondary N) is 2. The molecule has 0 saturated carbocycles. The van der Waals surface area contributed by atoms with Crippen molar-refractivity contribution in [3.05, 3.63) is 68.5 Å². The van der Waals surface area contributed by atoms with Crippen LogP contribution in [-0.2, 0) is 4.79 Å². The Balaban J connectivity index is 1.76. The molecule has 0 saturated heterocycles. The molecule has 0 bridgehead atoms. The van der Waals surface area contributed by atoms with Crippen molar-refractivity contribution in [2.24, 2.45) is 10.2 Å². The first-order valence-electron chi connectivity index (χ1n) is 8.02. The highest BCUT2D eigenvalue weighted by atomic mass is 35.5. The quantitative estimate of drug-likeness (QED) is 0.470. The summed E-state index contributed by atoms with van der Waals surface area (Å²) in [5.41, 5.74) is 2.09. The topological polar surface area (TPSA) is 107 Å². The van der Waals surface area contributed by atoms with Crippen LogP contribution < -0.4 is 10.9 Å². The van der Waals surface area contributed by atoms with E-state index in [1.165, 1.54) is 0 Å². The Kier molecular flexibility index (Phi) is 4.01. The summed E-state index contributed by atoms with van der Waals surface area (Å²) in [6.07, 6.45) is 1.12. The van der Waals surface area contributed by atoms with Crippen LogP contribution in [0.3, 0.4) is 0 Å². The number of hydrogen-bond acceptors (Lipinski definition) is 5. The van der Waals surface area contributed by atoms with Crippen molar-refractivity contribution in [1.82, 2.24) is 4.98 Å². The van der Waals surface area contributed by atoms with Crippen LogP contribution in [0.25, 0.3) is 10.9 Å². The van der Waals surface area contributed by atoms with Crippen LogP contribution in [0.4, 0.5) is 5.69 Å². The molecule has 3 aromatic rings. The summed E-state index contributed by atoms with van der Waals surface area (Å²) >= 11 is 5.97. The number of fused-ring (bicyclic) bond motifs is 2. The van der Waals surface area contributed by atoms with Gasteiger partial charge in [-0.25, -0.2) is 0 Å². The Bertz CT molecular complexity index is 1230. The predicted molar refractivity (Wildman–Crippen MR) is 105 cm³/mol. The number of aromatic amines is 1. The number of amides is 1. The Morgan fingerprint density at radius 2 is 1.96 bits per heavy atom. The van der Waals surface area contributed by atoms with Gasteiger partial charge in [-0.15, -0.1) is 5.10 Å². The molecule has 4 rings (SSSR count). The number of carbonyl (C=O) groups excluding carboxylic acids is 1. The van der Waals surface area contributed by atoms with Gasteiger partial charge in [0.1, 0.15) is 11.3 Å². The van der Waals surface area contributed by atoms with Crippen molar-refractivity contribution in [2.45, 2.75) is 6.92 Å². The number of nitrogens with zero attached hydrogens (tertiary/aromatic N) is 2. The van der Waals surface area contributed by atoms with Crippen molar-refractivity contribution in [3.63, 3.8) is 0 Å². The van der Waals surface area contributed by atoms with Crippen LogP contribution >= 0.6 is 11.6 Å². The Hall–Kier alpha value is -3.45. The first-order valence-corrected chi connectivity index (χ1v) is 8.40. The molecule has 7 nitrogen and oxygen atoms in total. The minimum absolute atomic E-state index is 0.0397. The van der Waals surface area contributed by atoms with Gasteiger partial charge in [0.15, 0.2) is 5.71 Å². The number of anilines is 1. The van der Waals surface area contributed by atoms with Crippen LogP contribution in [0.1, 0.15) is 16.7 Å². The summed E-state index contributed by atoms with van der Waals surface area (Å²) in [4.78, 5) is 27.0. The SMILES string of the molecule is Cc1ccc2[nH]c(=O)c(/C=N/N=C3\C(=O)Nc4ccc(Cl)cc43)c(O)c2c1. The first kappa shape index (κ1) is 17.0. The molecule has 0 unspecified atom stereocenters. The zero-order valence-corrected chi connectivity index (χ0v) is 14.8. The Morgan fingerprint density at radius 3 is 2.78 bits per heavy atom. The molecule has 2 aromatic carbocycles. The third-order valence-corrected chi connectivity index (χ3v) is 4.46. The van der Waals surface area contributed by atoms with Crippen LogP contribution in [0.5, 0.6) is 5.75 Å². The number of pyridine rings is 1. The lowest BCUT2D eigenvalue weighted by molar-refractivity contribution is -0.110. The average Bonchev–Trinajstić information content (AvgIpc) is 2.93. The summed E-state index contributed by atoms with van der Waals surface area (Å²) in [7, 11) is 0. The molecule has 0 radical (unpaired) electrons. The van der Waals surface area contributed by atoms with Gasteiger partial charge in [0.25, 0.3) is 11.5 Å². The monoisotopic (exact) mass is 380 g/mol. The van der Waals surface area contributed by atoms with E-state index >= 15 is 0 Å². The van der Waals surface area contributed by atoms with Gasteiger partial charge in [0, 0.05) is 16.0 Å². The molecule has 134 valence electrons. The maximum absolute atomic E-state index is 12.2. The highest BCUT2D eigenvalue weighted by Gasteiger charge is 2.26. The number of rotatable bonds is 2. The highest BCUT2D eigenvalue weighted by Crippen LogP contribution is 2.27. The van der Waals surface area contributed by atoms with Crippen molar-refractivity contribution < 1.29 is 9.90 Å². The summed E-state index contributed by atoms with van der Waals surface area (Å²) in [6.45, 7) is 1.88. The van der Waals surface area contributed by atoms with E-state index < -0.39 is 11.5 Å². The van der Waals surface area contributed by atoms with Gasteiger partial charge in [0.2, 0.25) is 0 Å². The number of H-pyrrole nitrogens is 1. The van der Waals surface area contributed by atoms with Crippen molar-refractivity contribution in [3.8, 4) is 5.75 Å². The molecular weight excluding hydrogens is 368 g/mol. The van der Waals surface area contributed by atoms with E-state index in [-0.39, 0.29) is 17.0 Å². The molecule has 1 aliphatic rings. The van der Waals surface area contributed by atoms with Crippen molar-refractivity contribution >= 4 is 46.0 Å². The standard InChI is InChI=1S/C19H13ClN4O3/c1-9-2-4-15-12(6-9)17(25)13(18(26)22-15)8-21-24-16-11-7-10(20)3-5-14(11)23-19(16)27/h2-8H,1H3,(H2,22,25,26)(H,23,24,27)/b21-8+. The van der Waals surface area contributed by atoms with E-state index in [0.717, 1.165) is 11.8 Å². The van der Waals surface area contributed by atoms with E-state index in [9.17, 15) is 14.7 Å². The number of carbonyl (C=O) groups is 1. The lowest BCUT2D eigenvalue weighted by Crippen LogP contribution is -2.14. The summed E-state index contributed by atoms with van der Waals surface area (Å²) in [6, 6.07) is 10.2. The molecule has 27 heavy (non-hydrogen) atoms. The molecule has 1 aliphatic heterocycles. The predicted octanol–water partition coefficient (Wildman–Crippen LogP) is 2.97. The third-order valence-electron chi connectivity index (χ3n) is 4.22. The normalized spacial score (nSPS) is 14.9. The second-order valence-corrected chi connectivity index (χ2v) is 6.54. The highest BCUT2D eigenvalue weighted by molar-refractivity contribution is 6.54. The molecule has 0 fully saturated rings. The summed E-state index contributed by atoms with van der Waals surface area (Å²) in [5.74, 6) is -0.614. The molecular formula is C19H13ClN4O3.